The third-order valence-electron chi connectivity index (χ3n) is 17.4. The molecule has 0 radical (unpaired) electrons. The summed E-state index contributed by atoms with van der Waals surface area (Å²) in [6.45, 7) is 0. The van der Waals surface area contributed by atoms with E-state index in [1.54, 1.807) is 0 Å². The van der Waals surface area contributed by atoms with Crippen LogP contribution in [0.2, 0.25) is 0 Å². The average Bonchev–Trinajstić information content (AvgIpc) is 2.56. The summed E-state index contributed by atoms with van der Waals surface area (Å²) in [6.07, 6.45) is 0. The van der Waals surface area contributed by atoms with Crippen LogP contribution in [0.25, 0.3) is 161 Å². The van der Waals surface area contributed by atoms with Gasteiger partial charge in [0.15, 0.2) is 5.82 Å². The van der Waals surface area contributed by atoms with Gasteiger partial charge in [-0.3, -0.25) is 0 Å². The van der Waals surface area contributed by atoms with E-state index in [4.69, 9.17) is 9.97 Å². The summed E-state index contributed by atoms with van der Waals surface area (Å²) in [5.74, 6) is 0.659. The normalized spacial score (nSPS) is 11.7. The van der Waals surface area contributed by atoms with Gasteiger partial charge in [-0.25, -0.2) is 9.97 Å². The molecule has 5 nitrogen and oxygen atoms in total. The van der Waals surface area contributed by atoms with Crippen LogP contribution >= 0.6 is 0 Å². The van der Waals surface area contributed by atoms with Gasteiger partial charge in [0.25, 0.3) is 0 Å². The molecular formula is C82H53N5. The van der Waals surface area contributed by atoms with Crippen molar-refractivity contribution in [1.82, 2.24) is 23.7 Å². The molecule has 0 aliphatic rings. The van der Waals surface area contributed by atoms with Gasteiger partial charge in [-0.05, 0) is 124 Å². The molecule has 0 unspecified atom stereocenters. The number of hydrogen-bond donors (Lipinski definition) is 0. The summed E-state index contributed by atoms with van der Waals surface area (Å²) in [5.41, 5.74) is 23.5. The fraction of sp³-hybridized carbons (Fsp3) is 0. The molecule has 0 bridgehead atoms. The maximum atomic E-state index is 5.57. The SMILES string of the molecule is c1ccc(-c2ccc3c(c2)c2cc(-c4ccccc4)ccc2n3-c2c(-c3cccc(-n4c5ccccc5c5ccccc54)c3)cc(-c3cc(-c4ccccc4)nc(-c4ccccc4)n3)cc2-c2cccc(-n3c4ccccc4c4ccccc43)c2)cc1. The number of para-hydroxylation sites is 4. The number of nitrogens with zero attached hydrogens (tertiary/aromatic N) is 5. The highest BCUT2D eigenvalue weighted by Gasteiger charge is 2.25. The van der Waals surface area contributed by atoms with Gasteiger partial charge >= 0.3 is 0 Å². The predicted octanol–water partition coefficient (Wildman–Crippen LogP) is 21.4. The molecule has 87 heavy (non-hydrogen) atoms. The van der Waals surface area contributed by atoms with Gasteiger partial charge in [0.2, 0.25) is 0 Å². The molecule has 4 heterocycles. The molecule has 0 aliphatic carbocycles. The van der Waals surface area contributed by atoms with E-state index in [9.17, 15) is 0 Å². The van der Waals surface area contributed by atoms with Gasteiger partial charge in [0.05, 0.1) is 50.2 Å². The predicted molar refractivity (Wildman–Crippen MR) is 363 cm³/mol. The molecule has 17 rings (SSSR count). The van der Waals surface area contributed by atoms with Crippen molar-refractivity contribution in [3.63, 3.8) is 0 Å². The quantitative estimate of drug-likeness (QED) is 0.137. The summed E-state index contributed by atoms with van der Waals surface area (Å²) >= 11 is 0. The molecule has 0 aliphatic heterocycles. The van der Waals surface area contributed by atoms with Crippen molar-refractivity contribution in [2.24, 2.45) is 0 Å². The van der Waals surface area contributed by atoms with E-state index >= 15 is 0 Å². The lowest BCUT2D eigenvalue weighted by molar-refractivity contribution is 1.16. The molecule has 0 saturated carbocycles. The Labute approximate surface area is 503 Å². The van der Waals surface area contributed by atoms with Crippen LogP contribution in [0.3, 0.4) is 0 Å². The summed E-state index contributed by atoms with van der Waals surface area (Å²) in [5, 5.41) is 7.20. The first-order chi connectivity index (χ1) is 43.1. The molecule has 0 N–H and O–H groups in total. The molecule has 0 spiro atoms. The van der Waals surface area contributed by atoms with Crippen molar-refractivity contribution in [1.29, 1.82) is 0 Å². The number of hydrogen-bond acceptors (Lipinski definition) is 2. The minimum Gasteiger partial charge on any atom is -0.309 e. The van der Waals surface area contributed by atoms with E-state index in [1.807, 2.05) is 6.07 Å². The standard InChI is InChI=1S/C82H53N5/c1-5-23-54(24-6-1)58-43-45-79-71(49-58)72-50-59(55-25-7-2-8-26-55)44-46-80(72)87(79)81-69(60-31-21-33-63(47-60)85-75-39-17-13-35-65(75)66-36-14-18-40-76(66)85)51-62(74-53-73(56-27-9-3-10-28-56)83-82(84-74)57-29-11-4-12-30-57)52-70(81)61-32-22-34-64(48-61)86-77-41-19-15-37-67(77)68-38-16-20-42-78(68)86/h1-53H. The Balaban J connectivity index is 1.02. The van der Waals surface area contributed by atoms with Crippen LogP contribution in [-0.4, -0.2) is 23.7 Å². The smallest absolute Gasteiger partial charge is 0.160 e. The van der Waals surface area contributed by atoms with E-state index in [0.717, 1.165) is 112 Å². The summed E-state index contributed by atoms with van der Waals surface area (Å²) in [6, 6.07) is 117. The topological polar surface area (TPSA) is 40.6 Å². The molecule has 13 aromatic carbocycles. The van der Waals surface area contributed by atoms with Crippen molar-refractivity contribution >= 4 is 65.4 Å². The second-order valence-corrected chi connectivity index (χ2v) is 22.5. The summed E-state index contributed by atoms with van der Waals surface area (Å²) < 4.78 is 7.40. The van der Waals surface area contributed by atoms with Crippen molar-refractivity contribution < 1.29 is 0 Å². The second kappa shape index (κ2) is 20.6. The third kappa shape index (κ3) is 8.47. The zero-order chi connectivity index (χ0) is 57.4. The van der Waals surface area contributed by atoms with Crippen molar-refractivity contribution in [2.45, 2.75) is 0 Å². The Hall–Kier alpha value is -11.7. The first kappa shape index (κ1) is 49.9. The van der Waals surface area contributed by atoms with Gasteiger partial charge in [-0.2, -0.15) is 0 Å². The first-order valence-corrected chi connectivity index (χ1v) is 29.7. The van der Waals surface area contributed by atoms with Crippen LogP contribution in [0, 0.1) is 0 Å². The number of rotatable bonds is 10. The van der Waals surface area contributed by atoms with Crippen molar-refractivity contribution in [3.05, 3.63) is 322 Å². The van der Waals surface area contributed by atoms with Crippen LogP contribution in [0.15, 0.2) is 322 Å². The lowest BCUT2D eigenvalue weighted by Crippen LogP contribution is -2.04. The lowest BCUT2D eigenvalue weighted by atomic mass is 9.91. The van der Waals surface area contributed by atoms with Crippen LogP contribution in [0.4, 0.5) is 0 Å². The van der Waals surface area contributed by atoms with Gasteiger partial charge in [0, 0.05) is 71.5 Å². The Morgan fingerprint density at radius 2 is 0.540 bits per heavy atom. The first-order valence-electron chi connectivity index (χ1n) is 29.7. The number of fused-ring (bicyclic) bond motifs is 9. The second-order valence-electron chi connectivity index (χ2n) is 22.5. The molecule has 17 aromatic rings. The zero-order valence-electron chi connectivity index (χ0n) is 47.3. The van der Waals surface area contributed by atoms with Gasteiger partial charge in [-0.15, -0.1) is 0 Å². The van der Waals surface area contributed by atoms with E-state index in [1.165, 1.54) is 43.4 Å². The molecule has 0 atom stereocenters. The van der Waals surface area contributed by atoms with Gasteiger partial charge in [-0.1, -0.05) is 231 Å². The highest BCUT2D eigenvalue weighted by atomic mass is 15.0. The van der Waals surface area contributed by atoms with Crippen molar-refractivity contribution in [2.75, 3.05) is 0 Å². The maximum absolute atomic E-state index is 5.57. The fourth-order valence-electron chi connectivity index (χ4n) is 13.4. The van der Waals surface area contributed by atoms with E-state index in [2.05, 4.69) is 329 Å². The Bertz CT molecular complexity index is 5060. The monoisotopic (exact) mass is 1110 g/mol. The van der Waals surface area contributed by atoms with Crippen molar-refractivity contribution in [3.8, 4) is 95.5 Å². The number of benzene rings is 13. The van der Waals surface area contributed by atoms with Gasteiger partial charge in [0.1, 0.15) is 0 Å². The average molecular weight is 1110 g/mol. The Morgan fingerprint density at radius 3 is 0.966 bits per heavy atom. The van der Waals surface area contributed by atoms with E-state index in [-0.39, 0.29) is 0 Å². The summed E-state index contributed by atoms with van der Waals surface area (Å²) in [4.78, 5) is 10.9. The lowest BCUT2D eigenvalue weighted by Gasteiger charge is -2.22. The number of aromatic nitrogens is 5. The van der Waals surface area contributed by atoms with E-state index < -0.39 is 0 Å². The highest BCUT2D eigenvalue weighted by molar-refractivity contribution is 6.14. The molecule has 0 fully saturated rings. The molecule has 5 heteroatoms. The minimum atomic E-state index is 0.659. The van der Waals surface area contributed by atoms with Crippen LogP contribution in [0.1, 0.15) is 0 Å². The van der Waals surface area contributed by atoms with Crippen LogP contribution in [-0.2, 0) is 0 Å². The molecule has 0 amide bonds. The summed E-state index contributed by atoms with van der Waals surface area (Å²) in [7, 11) is 0. The van der Waals surface area contributed by atoms with Crippen LogP contribution < -0.4 is 0 Å². The Kier molecular flexibility index (Phi) is 11.8. The molecular weight excluding hydrogens is 1050 g/mol. The molecule has 4 aromatic heterocycles. The fourth-order valence-corrected chi connectivity index (χ4v) is 13.4. The minimum absolute atomic E-state index is 0.659. The van der Waals surface area contributed by atoms with Crippen LogP contribution in [0.5, 0.6) is 0 Å². The third-order valence-corrected chi connectivity index (χ3v) is 17.4. The largest absolute Gasteiger partial charge is 0.309 e. The maximum Gasteiger partial charge on any atom is 0.160 e. The van der Waals surface area contributed by atoms with Gasteiger partial charge < -0.3 is 13.7 Å². The molecule has 406 valence electrons. The zero-order valence-corrected chi connectivity index (χ0v) is 47.3. The molecule has 0 saturated heterocycles. The van der Waals surface area contributed by atoms with E-state index in [0.29, 0.717) is 5.82 Å². The highest BCUT2D eigenvalue weighted by Crippen LogP contribution is 2.47. The Morgan fingerprint density at radius 1 is 0.195 bits per heavy atom.